The van der Waals surface area contributed by atoms with E-state index in [9.17, 15) is 0 Å². The van der Waals surface area contributed by atoms with Crippen LogP contribution in [0.15, 0.2) is 479 Å². The van der Waals surface area contributed by atoms with Crippen molar-refractivity contribution in [2.45, 2.75) is 0 Å². The van der Waals surface area contributed by atoms with Gasteiger partial charge >= 0.3 is 0 Å². The largest absolute Gasteiger partial charge is 0.310 e. The summed E-state index contributed by atoms with van der Waals surface area (Å²) in [7, 11) is 0. The molecule has 0 aliphatic rings. The standard InChI is InChI=1S/C44H29N.C40H25NS.C38H25N/c1-2-9-30(10-3-1)32-17-23-36(24-18-32)45(37-25-19-31-11-4-5-13-35(31)29-37)43-16-8-15-41-40(43)27-22-34-21-26-39-38-14-7-6-12-33(38)20-28-42(39)44(34)41;1-2-10-29(11-3-1)41(37-15-8-14-35-33-13-6-7-16-38(33)42-40(35)37)30-22-19-27-17-18-28-21-23-32-31-12-5-4-9-26(31)20-24-34(32)39(28)36(27)25-30;1-2-12-30(13-3-1)39(31-21-17-26-9-4-5-11-29(26)25-31)37-16-8-15-35-34(37)23-20-28-19-22-33-32-14-7-6-10-27(32)18-24-36(33)38(28)35/h1-29H;1-25H;1-25H. The summed E-state index contributed by atoms with van der Waals surface area (Å²) in [5.74, 6) is 0. The minimum Gasteiger partial charge on any atom is -0.310 e. The van der Waals surface area contributed by atoms with Gasteiger partial charge in [-0.25, -0.2) is 0 Å². The summed E-state index contributed by atoms with van der Waals surface area (Å²) in [5, 5.41) is 38.3. The number of rotatable bonds is 10. The first-order valence-electron chi connectivity index (χ1n) is 43.3. The Morgan fingerprint density at radius 3 is 0.905 bits per heavy atom. The van der Waals surface area contributed by atoms with Crippen LogP contribution in [-0.4, -0.2) is 0 Å². The highest BCUT2D eigenvalue weighted by molar-refractivity contribution is 7.26. The van der Waals surface area contributed by atoms with E-state index >= 15 is 0 Å². The molecule has 588 valence electrons. The van der Waals surface area contributed by atoms with Crippen molar-refractivity contribution in [1.29, 1.82) is 0 Å². The molecule has 25 aromatic carbocycles. The zero-order valence-corrected chi connectivity index (χ0v) is 69.7. The topological polar surface area (TPSA) is 9.72 Å². The Kier molecular flexibility index (Phi) is 18.1. The van der Waals surface area contributed by atoms with Gasteiger partial charge in [-0.05, 0) is 248 Å². The third-order valence-electron chi connectivity index (χ3n) is 25.8. The Bertz CT molecular complexity index is 8810. The fourth-order valence-electron chi connectivity index (χ4n) is 19.9. The van der Waals surface area contributed by atoms with Crippen molar-refractivity contribution < 1.29 is 0 Å². The van der Waals surface area contributed by atoms with Crippen LogP contribution >= 0.6 is 11.3 Å². The van der Waals surface area contributed by atoms with Crippen LogP contribution in [0.5, 0.6) is 0 Å². The van der Waals surface area contributed by atoms with Gasteiger partial charge in [0.25, 0.3) is 0 Å². The molecule has 0 aliphatic heterocycles. The van der Waals surface area contributed by atoms with Crippen LogP contribution in [0, 0.1) is 0 Å². The SMILES string of the molecule is c1ccc(-c2ccc(N(c3ccc4ccccc4c3)c3cccc4c3ccc3ccc5c6ccccc6ccc5c34)cc2)cc1.c1ccc(N(c2ccc3ccc4ccc5c6ccccc6ccc5c4c3c2)c2cccc3c2sc2ccccc23)cc1.c1ccc(N(c2ccc3ccccc3c2)c2cccc3c2ccc2ccc4c5ccccc5ccc4c23)cc1. The molecule has 126 heavy (non-hydrogen) atoms. The molecule has 3 nitrogen and oxygen atoms in total. The molecule has 0 atom stereocenters. The number of anilines is 9. The zero-order valence-electron chi connectivity index (χ0n) is 68.9. The molecule has 0 bridgehead atoms. The lowest BCUT2D eigenvalue weighted by Gasteiger charge is -2.28. The molecule has 26 rings (SSSR count). The minimum absolute atomic E-state index is 1.13. The Hall–Kier alpha value is -16.2. The number of fused-ring (bicyclic) bond motifs is 26. The number of thiophene rings is 1. The van der Waals surface area contributed by atoms with Gasteiger partial charge in [0, 0.05) is 60.4 Å². The van der Waals surface area contributed by atoms with Gasteiger partial charge < -0.3 is 14.7 Å². The third kappa shape index (κ3) is 12.8. The summed E-state index contributed by atoms with van der Waals surface area (Å²) in [5.41, 5.74) is 12.8. The van der Waals surface area contributed by atoms with E-state index in [1.165, 1.54) is 193 Å². The first kappa shape index (κ1) is 73.7. The molecule has 26 aromatic rings. The smallest absolute Gasteiger partial charge is 0.0640 e. The van der Waals surface area contributed by atoms with E-state index in [0.29, 0.717) is 0 Å². The first-order valence-corrected chi connectivity index (χ1v) is 44.1. The minimum atomic E-state index is 1.13. The van der Waals surface area contributed by atoms with Crippen molar-refractivity contribution in [3.63, 3.8) is 0 Å². The fraction of sp³-hybridized carbons (Fsp3) is 0. The highest BCUT2D eigenvalue weighted by atomic mass is 32.1. The van der Waals surface area contributed by atoms with E-state index in [1.54, 1.807) is 0 Å². The lowest BCUT2D eigenvalue weighted by molar-refractivity contribution is 1.30. The highest BCUT2D eigenvalue weighted by Crippen LogP contribution is 2.50. The molecule has 0 aliphatic carbocycles. The molecule has 0 unspecified atom stereocenters. The van der Waals surface area contributed by atoms with E-state index in [2.05, 4.69) is 494 Å². The Balaban J connectivity index is 0.000000106. The number of hydrogen-bond acceptors (Lipinski definition) is 4. The zero-order chi connectivity index (χ0) is 83.1. The highest BCUT2D eigenvalue weighted by Gasteiger charge is 2.24. The summed E-state index contributed by atoms with van der Waals surface area (Å²) in [4.78, 5) is 7.23. The predicted octanol–water partition coefficient (Wildman–Crippen LogP) is 35.6. The lowest BCUT2D eigenvalue weighted by atomic mass is 9.93. The molecule has 0 saturated heterocycles. The molecule has 0 N–H and O–H groups in total. The Morgan fingerprint density at radius 1 is 0.135 bits per heavy atom. The van der Waals surface area contributed by atoms with Crippen molar-refractivity contribution >= 4 is 234 Å². The second kappa shape index (κ2) is 31.0. The maximum absolute atomic E-state index is 2.43. The fourth-order valence-corrected chi connectivity index (χ4v) is 21.1. The van der Waals surface area contributed by atoms with Crippen LogP contribution in [0.1, 0.15) is 0 Å². The van der Waals surface area contributed by atoms with Crippen molar-refractivity contribution in [2.24, 2.45) is 0 Å². The van der Waals surface area contributed by atoms with E-state index in [-0.39, 0.29) is 0 Å². The summed E-state index contributed by atoms with van der Waals surface area (Å²) >= 11 is 1.87. The molecule has 1 aromatic heterocycles. The van der Waals surface area contributed by atoms with Crippen molar-refractivity contribution in [2.75, 3.05) is 14.7 Å². The van der Waals surface area contributed by atoms with Crippen LogP contribution in [0.4, 0.5) is 51.2 Å². The normalized spacial score (nSPS) is 11.7. The van der Waals surface area contributed by atoms with Gasteiger partial charge in [-0.15, -0.1) is 11.3 Å². The maximum Gasteiger partial charge on any atom is 0.0640 e. The molecular weight excluding hydrogens is 1540 g/mol. The molecule has 0 amide bonds. The van der Waals surface area contributed by atoms with Gasteiger partial charge in [0.2, 0.25) is 0 Å². The lowest BCUT2D eigenvalue weighted by Crippen LogP contribution is -2.10. The summed E-state index contributed by atoms with van der Waals surface area (Å²) in [6, 6.07) is 175. The quantitative estimate of drug-likeness (QED) is 0.126. The van der Waals surface area contributed by atoms with E-state index in [0.717, 1.165) is 39.8 Å². The van der Waals surface area contributed by atoms with Crippen molar-refractivity contribution in [3.8, 4) is 11.1 Å². The van der Waals surface area contributed by atoms with Crippen LogP contribution in [0.25, 0.3) is 182 Å². The first-order chi connectivity index (χ1) is 62.5. The summed E-state index contributed by atoms with van der Waals surface area (Å²) in [6.07, 6.45) is 0. The van der Waals surface area contributed by atoms with E-state index in [4.69, 9.17) is 0 Å². The number of nitrogens with zero attached hydrogens (tertiary/aromatic N) is 3. The molecular formula is C122H79N3S. The number of hydrogen-bond donors (Lipinski definition) is 0. The molecule has 0 radical (unpaired) electrons. The Labute approximate surface area is 733 Å². The monoisotopic (exact) mass is 1620 g/mol. The van der Waals surface area contributed by atoms with E-state index < -0.39 is 0 Å². The molecule has 1 heterocycles. The average molecular weight is 1620 g/mol. The predicted molar refractivity (Wildman–Crippen MR) is 547 cm³/mol. The Morgan fingerprint density at radius 2 is 0.421 bits per heavy atom. The third-order valence-corrected chi connectivity index (χ3v) is 27.0. The van der Waals surface area contributed by atoms with Crippen LogP contribution < -0.4 is 14.7 Å². The molecule has 0 saturated carbocycles. The molecule has 0 spiro atoms. The molecule has 0 fully saturated rings. The van der Waals surface area contributed by atoms with Gasteiger partial charge in [-0.1, -0.05) is 382 Å². The van der Waals surface area contributed by atoms with Gasteiger partial charge in [0.15, 0.2) is 0 Å². The van der Waals surface area contributed by atoms with Gasteiger partial charge in [-0.3, -0.25) is 0 Å². The summed E-state index contributed by atoms with van der Waals surface area (Å²) in [6.45, 7) is 0. The average Bonchev–Trinajstić information content (AvgIpc) is 0.883. The maximum atomic E-state index is 2.43. The van der Waals surface area contributed by atoms with Crippen LogP contribution in [-0.2, 0) is 0 Å². The summed E-state index contributed by atoms with van der Waals surface area (Å²) < 4.78 is 2.62. The van der Waals surface area contributed by atoms with Gasteiger partial charge in [0.05, 0.1) is 21.8 Å². The molecule has 4 heteroatoms. The van der Waals surface area contributed by atoms with E-state index in [1.807, 2.05) is 11.3 Å². The second-order valence-electron chi connectivity index (χ2n) is 32.9. The number of para-hydroxylation sites is 2. The van der Waals surface area contributed by atoms with Crippen LogP contribution in [0.2, 0.25) is 0 Å². The van der Waals surface area contributed by atoms with Gasteiger partial charge in [0.1, 0.15) is 0 Å². The van der Waals surface area contributed by atoms with Crippen molar-refractivity contribution in [1.82, 2.24) is 0 Å². The number of benzene rings is 25. The van der Waals surface area contributed by atoms with Crippen molar-refractivity contribution in [3.05, 3.63) is 479 Å². The second-order valence-corrected chi connectivity index (χ2v) is 33.9. The van der Waals surface area contributed by atoms with Gasteiger partial charge in [-0.2, -0.15) is 0 Å². The van der Waals surface area contributed by atoms with Crippen LogP contribution in [0.3, 0.4) is 0 Å².